The molecule has 0 heterocycles. The first-order valence-corrected chi connectivity index (χ1v) is 5.82. The van der Waals surface area contributed by atoms with Gasteiger partial charge in [0.05, 0.1) is 5.02 Å². The van der Waals surface area contributed by atoms with E-state index in [4.69, 9.17) is 17.3 Å². The minimum Gasteiger partial charge on any atom is -0.330 e. The van der Waals surface area contributed by atoms with Crippen LogP contribution in [0, 0.1) is 11.6 Å². The number of halogens is 3. The van der Waals surface area contributed by atoms with Gasteiger partial charge in [-0.05, 0) is 30.5 Å². The molecule has 1 aliphatic rings. The zero-order valence-corrected chi connectivity index (χ0v) is 9.66. The molecule has 2 rings (SSSR count). The van der Waals surface area contributed by atoms with E-state index in [0.29, 0.717) is 6.54 Å². The van der Waals surface area contributed by atoms with Crippen LogP contribution in [0.5, 0.6) is 0 Å². The fourth-order valence-corrected chi connectivity index (χ4v) is 2.73. The molecule has 0 bridgehead atoms. The highest BCUT2D eigenvalue weighted by Crippen LogP contribution is 2.41. The summed E-state index contributed by atoms with van der Waals surface area (Å²) in [6, 6.07) is 2.75. The minimum atomic E-state index is -0.976. The Morgan fingerprint density at radius 2 is 1.88 bits per heavy atom. The molecule has 0 aliphatic heterocycles. The highest BCUT2D eigenvalue weighted by molar-refractivity contribution is 6.30. The molecule has 2 N–H and O–H groups in total. The van der Waals surface area contributed by atoms with Gasteiger partial charge in [-0.2, -0.15) is 0 Å². The van der Waals surface area contributed by atoms with Crippen LogP contribution in [0.25, 0.3) is 0 Å². The van der Waals surface area contributed by atoms with Crippen LogP contribution in [0.15, 0.2) is 12.1 Å². The highest BCUT2D eigenvalue weighted by atomic mass is 35.5. The Balaban J connectivity index is 2.47. The van der Waals surface area contributed by atoms with Crippen LogP contribution in [0.4, 0.5) is 8.78 Å². The van der Waals surface area contributed by atoms with E-state index in [1.807, 2.05) is 0 Å². The lowest BCUT2D eigenvalue weighted by atomic mass is 9.79. The Bertz CT molecular complexity index is 377. The molecule has 0 radical (unpaired) electrons. The summed E-state index contributed by atoms with van der Waals surface area (Å²) < 4.78 is 26.4. The predicted molar refractivity (Wildman–Crippen MR) is 60.6 cm³/mol. The van der Waals surface area contributed by atoms with Crippen LogP contribution >= 0.6 is 11.6 Å². The molecule has 1 saturated carbocycles. The molecule has 0 unspecified atom stereocenters. The van der Waals surface area contributed by atoms with Gasteiger partial charge in [-0.1, -0.05) is 24.4 Å². The SMILES string of the molecule is NCC1(c2cc(F)c(F)c(Cl)c2)CCCC1. The molecule has 0 aromatic heterocycles. The van der Waals surface area contributed by atoms with E-state index in [-0.39, 0.29) is 10.4 Å². The number of hydrogen-bond donors (Lipinski definition) is 1. The summed E-state index contributed by atoms with van der Waals surface area (Å²) in [6.07, 6.45) is 4.00. The summed E-state index contributed by atoms with van der Waals surface area (Å²) in [4.78, 5) is 0. The summed E-state index contributed by atoms with van der Waals surface area (Å²) in [6.45, 7) is 0.453. The second kappa shape index (κ2) is 4.30. The molecule has 1 nitrogen and oxygen atoms in total. The monoisotopic (exact) mass is 245 g/mol. The Hall–Kier alpha value is -0.670. The zero-order valence-electron chi connectivity index (χ0n) is 8.90. The topological polar surface area (TPSA) is 26.0 Å². The first-order chi connectivity index (χ1) is 7.59. The van der Waals surface area contributed by atoms with Crippen molar-refractivity contribution in [2.75, 3.05) is 6.54 Å². The smallest absolute Gasteiger partial charge is 0.177 e. The Morgan fingerprint density at radius 1 is 1.25 bits per heavy atom. The summed E-state index contributed by atoms with van der Waals surface area (Å²) in [5, 5.41) is -0.158. The van der Waals surface area contributed by atoms with Gasteiger partial charge < -0.3 is 5.73 Å². The third kappa shape index (κ3) is 1.82. The van der Waals surface area contributed by atoms with E-state index < -0.39 is 11.6 Å². The molecule has 0 atom stereocenters. The van der Waals surface area contributed by atoms with Crippen molar-refractivity contribution in [1.82, 2.24) is 0 Å². The maximum atomic E-state index is 13.3. The second-order valence-corrected chi connectivity index (χ2v) is 4.85. The van der Waals surface area contributed by atoms with Crippen LogP contribution < -0.4 is 5.73 Å². The minimum absolute atomic E-state index is 0.158. The lowest BCUT2D eigenvalue weighted by Crippen LogP contribution is -2.32. The number of benzene rings is 1. The fourth-order valence-electron chi connectivity index (χ4n) is 2.52. The molecule has 16 heavy (non-hydrogen) atoms. The molecule has 88 valence electrons. The lowest BCUT2D eigenvalue weighted by molar-refractivity contribution is 0.443. The first kappa shape index (κ1) is 11.8. The largest absolute Gasteiger partial charge is 0.330 e. The maximum absolute atomic E-state index is 13.3. The van der Waals surface area contributed by atoms with Gasteiger partial charge in [-0.15, -0.1) is 0 Å². The molecule has 0 spiro atoms. The van der Waals surface area contributed by atoms with Crippen molar-refractivity contribution in [3.63, 3.8) is 0 Å². The van der Waals surface area contributed by atoms with Gasteiger partial charge in [0.1, 0.15) is 0 Å². The molecule has 1 aliphatic carbocycles. The van der Waals surface area contributed by atoms with E-state index in [2.05, 4.69) is 0 Å². The van der Waals surface area contributed by atoms with E-state index in [0.717, 1.165) is 31.2 Å². The van der Waals surface area contributed by atoms with E-state index >= 15 is 0 Å². The van der Waals surface area contributed by atoms with Crippen LogP contribution in [-0.2, 0) is 5.41 Å². The van der Waals surface area contributed by atoms with Crippen molar-refractivity contribution in [3.05, 3.63) is 34.4 Å². The number of nitrogens with two attached hydrogens (primary N) is 1. The van der Waals surface area contributed by atoms with Crippen LogP contribution in [0.3, 0.4) is 0 Å². The first-order valence-electron chi connectivity index (χ1n) is 5.44. The quantitative estimate of drug-likeness (QED) is 0.795. The molecular weight excluding hydrogens is 232 g/mol. The predicted octanol–water partition coefficient (Wildman–Crippen LogP) is 3.39. The summed E-state index contributed by atoms with van der Waals surface area (Å²) >= 11 is 5.66. The molecule has 1 fully saturated rings. The van der Waals surface area contributed by atoms with Gasteiger partial charge >= 0.3 is 0 Å². The third-order valence-electron chi connectivity index (χ3n) is 3.55. The van der Waals surface area contributed by atoms with Crippen molar-refractivity contribution in [3.8, 4) is 0 Å². The van der Waals surface area contributed by atoms with E-state index in [1.54, 1.807) is 0 Å². The van der Waals surface area contributed by atoms with E-state index in [9.17, 15) is 8.78 Å². The summed E-state index contributed by atoms with van der Waals surface area (Å²) in [7, 11) is 0. The Labute approximate surface area is 98.6 Å². The second-order valence-electron chi connectivity index (χ2n) is 4.45. The van der Waals surface area contributed by atoms with Crippen LogP contribution in [0.1, 0.15) is 31.2 Å². The molecule has 0 saturated heterocycles. The molecule has 4 heteroatoms. The summed E-state index contributed by atoms with van der Waals surface area (Å²) in [5.41, 5.74) is 6.30. The van der Waals surface area contributed by atoms with Gasteiger partial charge in [-0.3, -0.25) is 0 Å². The lowest BCUT2D eigenvalue weighted by Gasteiger charge is -2.28. The zero-order chi connectivity index (χ0) is 11.8. The van der Waals surface area contributed by atoms with Gasteiger partial charge in [0, 0.05) is 12.0 Å². The Morgan fingerprint density at radius 3 is 2.38 bits per heavy atom. The van der Waals surface area contributed by atoms with Gasteiger partial charge in [-0.25, -0.2) is 8.78 Å². The van der Waals surface area contributed by atoms with Crippen molar-refractivity contribution >= 4 is 11.6 Å². The fraction of sp³-hybridized carbons (Fsp3) is 0.500. The van der Waals surface area contributed by atoms with Crippen molar-refractivity contribution in [2.45, 2.75) is 31.1 Å². The van der Waals surface area contributed by atoms with Gasteiger partial charge in [0.25, 0.3) is 0 Å². The molecule has 1 aromatic carbocycles. The van der Waals surface area contributed by atoms with Gasteiger partial charge in [0.2, 0.25) is 0 Å². The Kier molecular flexibility index (Phi) is 3.17. The highest BCUT2D eigenvalue weighted by Gasteiger charge is 2.35. The van der Waals surface area contributed by atoms with Crippen LogP contribution in [-0.4, -0.2) is 6.54 Å². The van der Waals surface area contributed by atoms with Crippen molar-refractivity contribution in [2.24, 2.45) is 5.73 Å². The van der Waals surface area contributed by atoms with Gasteiger partial charge in [0.15, 0.2) is 11.6 Å². The van der Waals surface area contributed by atoms with E-state index in [1.165, 1.54) is 12.1 Å². The third-order valence-corrected chi connectivity index (χ3v) is 3.82. The number of hydrogen-bond acceptors (Lipinski definition) is 1. The van der Waals surface area contributed by atoms with Crippen molar-refractivity contribution in [1.29, 1.82) is 0 Å². The summed E-state index contributed by atoms with van der Waals surface area (Å²) in [5.74, 6) is -1.86. The van der Waals surface area contributed by atoms with Crippen molar-refractivity contribution < 1.29 is 8.78 Å². The molecule has 1 aromatic rings. The maximum Gasteiger partial charge on any atom is 0.177 e. The normalized spacial score (nSPS) is 19.0. The standard InChI is InChI=1S/C12H14ClF2N/c13-9-5-8(6-10(14)11(9)15)12(7-16)3-1-2-4-12/h5-6H,1-4,7,16H2. The number of rotatable bonds is 2. The molecular formula is C12H14ClF2N. The average molecular weight is 246 g/mol. The van der Waals surface area contributed by atoms with Crippen LogP contribution in [0.2, 0.25) is 5.02 Å². The molecule has 0 amide bonds. The average Bonchev–Trinajstić information content (AvgIpc) is 2.75.